The summed E-state index contributed by atoms with van der Waals surface area (Å²) in [5, 5.41) is 16.0. The standard InChI is InChI=1S/C22H20F4N8O3/c1-10(22(24,25)26)21(36)33-7-14(23)15(8-33)32-19(35)13-3-12(6-29-20(13)37-2)16-4-11(5-27)17-18(28)30-9-31-34(16)17/h3-4,6,9-10,14-15H,7-8H2,1-2H3,(H,32,35)(H2,28,30,31). The number of aromatic nitrogens is 4. The maximum atomic E-state index is 14.6. The van der Waals surface area contributed by atoms with E-state index in [-0.39, 0.29) is 28.3 Å². The predicted octanol–water partition coefficient (Wildman–Crippen LogP) is 1.73. The number of nitrogens with zero attached hydrogens (tertiary/aromatic N) is 6. The fourth-order valence-corrected chi connectivity index (χ4v) is 4.02. The van der Waals surface area contributed by atoms with E-state index in [0.29, 0.717) is 18.2 Å². The Balaban J connectivity index is 1.61. The number of nitrogen functional groups attached to an aromatic ring is 1. The number of rotatable bonds is 5. The molecule has 0 spiro atoms. The van der Waals surface area contributed by atoms with Gasteiger partial charge in [-0.15, -0.1) is 0 Å². The number of carbonyl (C=O) groups is 2. The third kappa shape index (κ3) is 4.69. The van der Waals surface area contributed by atoms with Crippen LogP contribution in [0.15, 0.2) is 24.7 Å². The summed E-state index contributed by atoms with van der Waals surface area (Å²) >= 11 is 0. The van der Waals surface area contributed by atoms with Gasteiger partial charge in [-0.1, -0.05) is 0 Å². The van der Waals surface area contributed by atoms with Crippen LogP contribution in [-0.2, 0) is 4.79 Å². The Hall–Kier alpha value is -4.48. The number of carbonyl (C=O) groups excluding carboxylic acids is 2. The van der Waals surface area contributed by atoms with E-state index < -0.39 is 49.2 Å². The molecule has 3 atom stereocenters. The summed E-state index contributed by atoms with van der Waals surface area (Å²) in [4.78, 5) is 33.9. The van der Waals surface area contributed by atoms with Crippen molar-refractivity contribution in [3.8, 4) is 23.2 Å². The number of halogens is 4. The molecule has 3 aromatic rings. The van der Waals surface area contributed by atoms with Gasteiger partial charge in [-0.3, -0.25) is 9.59 Å². The van der Waals surface area contributed by atoms with Crippen molar-refractivity contribution in [2.45, 2.75) is 25.3 Å². The number of ether oxygens (including phenoxy) is 1. The smallest absolute Gasteiger partial charge is 0.400 e. The first-order chi connectivity index (χ1) is 17.5. The second-order valence-electron chi connectivity index (χ2n) is 8.34. The Morgan fingerprint density at radius 1 is 1.30 bits per heavy atom. The Bertz CT molecular complexity index is 1420. The van der Waals surface area contributed by atoms with Gasteiger partial charge in [-0.2, -0.15) is 23.5 Å². The molecule has 4 rings (SSSR count). The van der Waals surface area contributed by atoms with E-state index in [1.54, 1.807) is 0 Å². The highest BCUT2D eigenvalue weighted by molar-refractivity contribution is 5.98. The second kappa shape index (κ2) is 9.52. The monoisotopic (exact) mass is 520 g/mol. The lowest BCUT2D eigenvalue weighted by Gasteiger charge is -2.22. The number of pyridine rings is 1. The summed E-state index contributed by atoms with van der Waals surface area (Å²) in [5.41, 5.74) is 6.89. The van der Waals surface area contributed by atoms with Gasteiger partial charge in [0.2, 0.25) is 11.8 Å². The van der Waals surface area contributed by atoms with Crippen LogP contribution >= 0.6 is 0 Å². The highest BCUT2D eigenvalue weighted by Gasteiger charge is 2.46. The quantitative estimate of drug-likeness (QED) is 0.483. The largest absolute Gasteiger partial charge is 0.480 e. The number of alkyl halides is 4. The first-order valence-corrected chi connectivity index (χ1v) is 10.8. The number of nitriles is 1. The summed E-state index contributed by atoms with van der Waals surface area (Å²) in [6.45, 7) is -0.328. The molecule has 1 aliphatic rings. The molecule has 0 aromatic carbocycles. The molecular weight excluding hydrogens is 500 g/mol. The number of methoxy groups -OCH3 is 1. The Labute approximate surface area is 206 Å². The van der Waals surface area contributed by atoms with Gasteiger partial charge in [0.05, 0.1) is 31.0 Å². The second-order valence-corrected chi connectivity index (χ2v) is 8.34. The number of likely N-dealkylation sites (tertiary alicyclic amines) is 1. The number of fused-ring (bicyclic) bond motifs is 1. The van der Waals surface area contributed by atoms with Gasteiger partial charge in [0.25, 0.3) is 5.91 Å². The third-order valence-electron chi connectivity index (χ3n) is 6.03. The fourth-order valence-electron chi connectivity index (χ4n) is 4.02. The minimum absolute atomic E-state index is 0.0615. The van der Waals surface area contributed by atoms with Crippen LogP contribution in [0.5, 0.6) is 5.88 Å². The van der Waals surface area contributed by atoms with E-state index in [4.69, 9.17) is 10.5 Å². The molecule has 1 fully saturated rings. The lowest BCUT2D eigenvalue weighted by Crippen LogP contribution is -2.43. The van der Waals surface area contributed by atoms with Gasteiger partial charge < -0.3 is 20.7 Å². The maximum Gasteiger partial charge on any atom is 0.400 e. The minimum Gasteiger partial charge on any atom is -0.480 e. The van der Waals surface area contributed by atoms with E-state index in [2.05, 4.69) is 20.4 Å². The fraction of sp³-hybridized carbons (Fsp3) is 0.364. The first-order valence-electron chi connectivity index (χ1n) is 10.8. The van der Waals surface area contributed by atoms with Crippen LogP contribution in [0, 0.1) is 17.2 Å². The summed E-state index contributed by atoms with van der Waals surface area (Å²) in [7, 11) is 1.26. The van der Waals surface area contributed by atoms with Crippen molar-refractivity contribution in [3.05, 3.63) is 35.8 Å². The number of nitrogens with two attached hydrogens (primary N) is 1. The number of anilines is 1. The van der Waals surface area contributed by atoms with Crippen LogP contribution in [-0.4, -0.2) is 74.9 Å². The molecule has 0 bridgehead atoms. The summed E-state index contributed by atoms with van der Waals surface area (Å²) < 4.78 is 59.9. The van der Waals surface area contributed by atoms with Crippen LogP contribution < -0.4 is 15.8 Å². The molecule has 0 aliphatic carbocycles. The van der Waals surface area contributed by atoms with E-state index in [0.717, 1.165) is 4.90 Å². The summed E-state index contributed by atoms with van der Waals surface area (Å²) in [5.74, 6) is -4.45. The third-order valence-corrected chi connectivity index (χ3v) is 6.03. The van der Waals surface area contributed by atoms with Gasteiger partial charge in [0.15, 0.2) is 5.82 Å². The van der Waals surface area contributed by atoms with E-state index in [1.807, 2.05) is 6.07 Å². The molecule has 0 saturated carbocycles. The molecule has 3 N–H and O–H groups in total. The van der Waals surface area contributed by atoms with Crippen molar-refractivity contribution >= 4 is 23.1 Å². The van der Waals surface area contributed by atoms with Crippen molar-refractivity contribution in [3.63, 3.8) is 0 Å². The molecular formula is C22H20F4N8O3. The van der Waals surface area contributed by atoms with Crippen molar-refractivity contribution in [1.82, 2.24) is 29.8 Å². The lowest BCUT2D eigenvalue weighted by molar-refractivity contribution is -0.185. The highest BCUT2D eigenvalue weighted by atomic mass is 19.4. The maximum absolute atomic E-state index is 14.6. The average molecular weight is 520 g/mol. The zero-order valence-corrected chi connectivity index (χ0v) is 19.5. The van der Waals surface area contributed by atoms with Gasteiger partial charge in [0.1, 0.15) is 35.6 Å². The highest BCUT2D eigenvalue weighted by Crippen LogP contribution is 2.31. The molecule has 3 aromatic heterocycles. The predicted molar refractivity (Wildman–Crippen MR) is 120 cm³/mol. The van der Waals surface area contributed by atoms with Crippen LogP contribution in [0.2, 0.25) is 0 Å². The lowest BCUT2D eigenvalue weighted by atomic mass is 10.1. The Kier molecular flexibility index (Phi) is 6.59. The molecule has 3 unspecified atom stereocenters. The Morgan fingerprint density at radius 3 is 2.68 bits per heavy atom. The van der Waals surface area contributed by atoms with Crippen LogP contribution in [0.4, 0.5) is 23.4 Å². The van der Waals surface area contributed by atoms with Crippen molar-refractivity contribution in [1.29, 1.82) is 5.26 Å². The number of nitrogens with one attached hydrogen (secondary N) is 1. The molecule has 15 heteroatoms. The SMILES string of the molecule is COc1ncc(-c2cc(C#N)c3c(N)ncnn23)cc1C(=O)NC1CN(C(=O)C(C)C(F)(F)F)CC1F. The van der Waals surface area contributed by atoms with E-state index in [9.17, 15) is 32.4 Å². The summed E-state index contributed by atoms with van der Waals surface area (Å²) in [6.07, 6.45) is -4.01. The minimum atomic E-state index is -4.77. The van der Waals surface area contributed by atoms with E-state index in [1.165, 1.54) is 36.3 Å². The zero-order valence-electron chi connectivity index (χ0n) is 19.5. The zero-order chi connectivity index (χ0) is 27.1. The number of hydrogen-bond acceptors (Lipinski definition) is 8. The first kappa shape index (κ1) is 25.6. The molecule has 37 heavy (non-hydrogen) atoms. The molecule has 1 saturated heterocycles. The molecule has 194 valence electrons. The van der Waals surface area contributed by atoms with Crippen molar-refractivity contribution < 1.29 is 31.9 Å². The molecule has 1 aliphatic heterocycles. The molecule has 2 amide bonds. The van der Waals surface area contributed by atoms with E-state index >= 15 is 0 Å². The average Bonchev–Trinajstić information content (AvgIpc) is 3.43. The number of amides is 2. The van der Waals surface area contributed by atoms with Gasteiger partial charge in [-0.05, 0) is 19.1 Å². The summed E-state index contributed by atoms with van der Waals surface area (Å²) in [6, 6.07) is 3.59. The van der Waals surface area contributed by atoms with Gasteiger partial charge in [-0.25, -0.2) is 18.9 Å². The van der Waals surface area contributed by atoms with Gasteiger partial charge in [0, 0.05) is 18.3 Å². The van der Waals surface area contributed by atoms with Crippen LogP contribution in [0.25, 0.3) is 16.8 Å². The van der Waals surface area contributed by atoms with Crippen molar-refractivity contribution in [2.75, 3.05) is 25.9 Å². The number of hydrogen-bond donors (Lipinski definition) is 2. The molecule has 11 nitrogen and oxygen atoms in total. The topological polar surface area (TPSA) is 152 Å². The van der Waals surface area contributed by atoms with Crippen molar-refractivity contribution in [2.24, 2.45) is 5.92 Å². The normalized spacial score (nSPS) is 18.5. The Morgan fingerprint density at radius 2 is 2.03 bits per heavy atom. The molecule has 0 radical (unpaired) electrons. The van der Waals surface area contributed by atoms with Crippen LogP contribution in [0.3, 0.4) is 0 Å². The van der Waals surface area contributed by atoms with Crippen LogP contribution in [0.1, 0.15) is 22.8 Å². The van der Waals surface area contributed by atoms with Gasteiger partial charge >= 0.3 is 6.18 Å². The molecule has 4 heterocycles.